The van der Waals surface area contributed by atoms with Crippen molar-refractivity contribution < 1.29 is 18.7 Å². The van der Waals surface area contributed by atoms with Crippen LogP contribution >= 0.6 is 0 Å². The fourth-order valence-electron chi connectivity index (χ4n) is 4.58. The summed E-state index contributed by atoms with van der Waals surface area (Å²) in [7, 11) is 0. The average Bonchev–Trinajstić information content (AvgIpc) is 2.88. The van der Waals surface area contributed by atoms with E-state index in [1.54, 1.807) is 25.3 Å². The Labute approximate surface area is 217 Å². The number of nitrogens with zero attached hydrogens (tertiary/aromatic N) is 2. The van der Waals surface area contributed by atoms with Crippen molar-refractivity contribution in [3.63, 3.8) is 0 Å². The van der Waals surface area contributed by atoms with E-state index in [4.69, 9.17) is 4.74 Å². The van der Waals surface area contributed by atoms with Crippen molar-refractivity contribution in [3.05, 3.63) is 95.1 Å². The highest BCUT2D eigenvalue weighted by Gasteiger charge is 2.37. The molecule has 6 nitrogen and oxygen atoms in total. The summed E-state index contributed by atoms with van der Waals surface area (Å²) < 4.78 is 19.7. The van der Waals surface area contributed by atoms with Crippen LogP contribution in [0.4, 0.5) is 4.39 Å². The van der Waals surface area contributed by atoms with E-state index >= 15 is 0 Å². The third kappa shape index (κ3) is 6.34. The predicted molar refractivity (Wildman–Crippen MR) is 141 cm³/mol. The highest BCUT2D eigenvalue weighted by molar-refractivity contribution is 5.83. The number of halogens is 1. The lowest BCUT2D eigenvalue weighted by Crippen LogP contribution is -2.45. The molecular formula is C30H34FN3O3. The number of fused-ring (bicyclic) bond motifs is 1. The fourth-order valence-corrected chi connectivity index (χ4v) is 4.58. The molecule has 3 aromatic rings. The van der Waals surface area contributed by atoms with Gasteiger partial charge in [0, 0.05) is 36.8 Å². The van der Waals surface area contributed by atoms with Crippen molar-refractivity contribution in [1.82, 2.24) is 15.2 Å². The molecule has 0 fully saturated rings. The number of nitrogens with one attached hydrogen (secondary N) is 1. The average molecular weight is 504 g/mol. The van der Waals surface area contributed by atoms with E-state index in [1.807, 2.05) is 62.1 Å². The van der Waals surface area contributed by atoms with Gasteiger partial charge in [0.05, 0.1) is 6.04 Å². The zero-order valence-electron chi connectivity index (χ0n) is 21.8. The van der Waals surface area contributed by atoms with Crippen LogP contribution in [0.3, 0.4) is 0 Å². The number of pyridine rings is 1. The molecule has 0 spiro atoms. The van der Waals surface area contributed by atoms with Crippen LogP contribution in [0.2, 0.25) is 0 Å². The number of hydrogen-bond acceptors (Lipinski definition) is 4. The number of ether oxygens (including phenoxy) is 1. The minimum absolute atomic E-state index is 0.0273. The van der Waals surface area contributed by atoms with Crippen LogP contribution < -0.4 is 10.1 Å². The molecule has 0 aliphatic carbocycles. The third-order valence-electron chi connectivity index (χ3n) is 6.52. The number of amides is 2. The summed E-state index contributed by atoms with van der Waals surface area (Å²) in [5.74, 6) is 0.0319. The number of rotatable bonds is 7. The van der Waals surface area contributed by atoms with Gasteiger partial charge in [-0.1, -0.05) is 45.0 Å². The molecule has 1 aliphatic rings. The summed E-state index contributed by atoms with van der Waals surface area (Å²) in [4.78, 5) is 32.2. The van der Waals surface area contributed by atoms with Crippen LogP contribution in [0.15, 0.2) is 66.9 Å². The van der Waals surface area contributed by atoms with E-state index in [2.05, 4.69) is 10.3 Å². The minimum Gasteiger partial charge on any atom is -0.481 e. The van der Waals surface area contributed by atoms with Crippen LogP contribution in [0, 0.1) is 11.2 Å². The van der Waals surface area contributed by atoms with Gasteiger partial charge >= 0.3 is 0 Å². The van der Waals surface area contributed by atoms with Crippen LogP contribution in [0.5, 0.6) is 5.75 Å². The van der Waals surface area contributed by atoms with Crippen LogP contribution in [0.25, 0.3) is 0 Å². The topological polar surface area (TPSA) is 71.5 Å². The summed E-state index contributed by atoms with van der Waals surface area (Å²) in [6, 6.07) is 17.4. The van der Waals surface area contributed by atoms with Gasteiger partial charge in [-0.2, -0.15) is 0 Å². The van der Waals surface area contributed by atoms with Crippen LogP contribution in [0.1, 0.15) is 56.1 Å². The quantitative estimate of drug-likeness (QED) is 0.500. The molecule has 1 N–H and O–H groups in total. The summed E-state index contributed by atoms with van der Waals surface area (Å²) >= 11 is 0. The molecule has 0 radical (unpaired) electrons. The summed E-state index contributed by atoms with van der Waals surface area (Å²) in [6.07, 6.45) is 2.37. The highest BCUT2D eigenvalue weighted by Crippen LogP contribution is 2.39. The number of hydrogen-bond donors (Lipinski definition) is 1. The molecule has 194 valence electrons. The molecule has 0 saturated carbocycles. The molecule has 0 bridgehead atoms. The van der Waals surface area contributed by atoms with Gasteiger partial charge in [0.15, 0.2) is 6.10 Å². The van der Waals surface area contributed by atoms with Gasteiger partial charge in [-0.3, -0.25) is 14.6 Å². The highest BCUT2D eigenvalue weighted by atomic mass is 19.1. The third-order valence-corrected chi connectivity index (χ3v) is 6.52. The Kier molecular flexibility index (Phi) is 7.91. The SMILES string of the molecule is CC(Oc1ccc2c(c1)C(c1ccc(F)cc1)N(C(=O)C(C)(C)C)CC2)C(=O)NCCc1ccccn1. The maximum Gasteiger partial charge on any atom is 0.260 e. The molecule has 0 saturated heterocycles. The Morgan fingerprint density at radius 1 is 1.14 bits per heavy atom. The smallest absolute Gasteiger partial charge is 0.260 e. The molecule has 4 rings (SSSR count). The molecule has 2 atom stereocenters. The van der Waals surface area contributed by atoms with Gasteiger partial charge < -0.3 is 15.0 Å². The van der Waals surface area contributed by atoms with Crippen molar-refractivity contribution in [2.24, 2.45) is 5.41 Å². The minimum atomic E-state index is -0.707. The molecule has 1 aromatic heterocycles. The molecule has 2 unspecified atom stereocenters. The monoisotopic (exact) mass is 503 g/mol. The summed E-state index contributed by atoms with van der Waals surface area (Å²) in [5.41, 5.74) is 3.21. The lowest BCUT2D eigenvalue weighted by Gasteiger charge is -2.41. The van der Waals surface area contributed by atoms with Gasteiger partial charge in [0.1, 0.15) is 11.6 Å². The first-order valence-corrected chi connectivity index (χ1v) is 12.7. The maximum atomic E-state index is 13.7. The standard InChI is InChI=1S/C30H34FN3O3/c1-20(28(35)33-17-14-24-7-5-6-16-32-24)37-25-13-10-21-15-18-34(29(36)30(2,3)4)27(26(21)19-25)22-8-11-23(31)12-9-22/h5-13,16,19-20,27H,14-15,17-18H2,1-4H3,(H,33,35). The number of aromatic nitrogens is 1. The second-order valence-corrected chi connectivity index (χ2v) is 10.4. The lowest BCUT2D eigenvalue weighted by atomic mass is 9.85. The lowest BCUT2D eigenvalue weighted by molar-refractivity contribution is -0.141. The molecule has 2 heterocycles. The second-order valence-electron chi connectivity index (χ2n) is 10.4. The first-order valence-electron chi connectivity index (χ1n) is 12.7. The Bertz CT molecular complexity index is 1240. The Morgan fingerprint density at radius 2 is 1.89 bits per heavy atom. The van der Waals surface area contributed by atoms with Crippen LogP contribution in [-0.2, 0) is 22.4 Å². The number of benzene rings is 2. The Balaban J connectivity index is 1.53. The molecule has 7 heteroatoms. The van der Waals surface area contributed by atoms with E-state index < -0.39 is 11.5 Å². The Hall–Kier alpha value is -3.74. The largest absolute Gasteiger partial charge is 0.481 e. The fraction of sp³-hybridized carbons (Fsp3) is 0.367. The number of carbonyl (C=O) groups excluding carboxylic acids is 2. The van der Waals surface area contributed by atoms with Gasteiger partial charge in [0.2, 0.25) is 5.91 Å². The summed E-state index contributed by atoms with van der Waals surface area (Å²) in [6.45, 7) is 8.45. The first kappa shape index (κ1) is 26.3. The molecule has 2 amide bonds. The van der Waals surface area contributed by atoms with Crippen molar-refractivity contribution >= 4 is 11.8 Å². The van der Waals surface area contributed by atoms with Crippen molar-refractivity contribution in [3.8, 4) is 5.75 Å². The first-order chi connectivity index (χ1) is 17.6. The predicted octanol–water partition coefficient (Wildman–Crippen LogP) is 4.87. The second kappa shape index (κ2) is 11.1. The molecule has 1 aliphatic heterocycles. The van der Waals surface area contributed by atoms with Crippen molar-refractivity contribution in [1.29, 1.82) is 0 Å². The zero-order chi connectivity index (χ0) is 26.6. The van der Waals surface area contributed by atoms with Crippen LogP contribution in [-0.4, -0.2) is 40.9 Å². The van der Waals surface area contributed by atoms with E-state index in [0.717, 1.165) is 22.4 Å². The van der Waals surface area contributed by atoms with Gasteiger partial charge in [-0.15, -0.1) is 0 Å². The van der Waals surface area contributed by atoms with Crippen molar-refractivity contribution in [2.75, 3.05) is 13.1 Å². The summed E-state index contributed by atoms with van der Waals surface area (Å²) in [5, 5.41) is 2.90. The van der Waals surface area contributed by atoms with E-state index in [9.17, 15) is 14.0 Å². The van der Waals surface area contributed by atoms with Gasteiger partial charge in [-0.05, 0) is 66.4 Å². The number of carbonyl (C=O) groups is 2. The van der Waals surface area contributed by atoms with Gasteiger partial charge in [0.25, 0.3) is 5.91 Å². The molecule has 2 aromatic carbocycles. The van der Waals surface area contributed by atoms with Gasteiger partial charge in [-0.25, -0.2) is 4.39 Å². The van der Waals surface area contributed by atoms with Crippen molar-refractivity contribution in [2.45, 2.75) is 52.7 Å². The van der Waals surface area contributed by atoms with E-state index in [1.165, 1.54) is 12.1 Å². The Morgan fingerprint density at radius 3 is 2.57 bits per heavy atom. The molecule has 37 heavy (non-hydrogen) atoms. The maximum absolute atomic E-state index is 13.7. The normalized spacial score (nSPS) is 16.0. The zero-order valence-corrected chi connectivity index (χ0v) is 21.8. The van der Waals surface area contributed by atoms with E-state index in [0.29, 0.717) is 31.7 Å². The molecular weight excluding hydrogens is 469 g/mol. The van der Waals surface area contributed by atoms with E-state index in [-0.39, 0.29) is 23.7 Å².